The maximum atomic E-state index is 12.7. The molecule has 2 aromatic carbocycles. The van der Waals surface area contributed by atoms with Gasteiger partial charge >= 0.3 is 0 Å². The lowest BCUT2D eigenvalue weighted by Gasteiger charge is -2.14. The Hall–Kier alpha value is -3.23. The molecule has 0 unspecified atom stereocenters. The Bertz CT molecular complexity index is 1080. The number of nitrogens with one attached hydrogen (secondary N) is 1. The van der Waals surface area contributed by atoms with Crippen LogP contribution in [0.5, 0.6) is 0 Å². The fourth-order valence-corrected chi connectivity index (χ4v) is 4.24. The van der Waals surface area contributed by atoms with Crippen molar-refractivity contribution in [3.63, 3.8) is 0 Å². The zero-order valence-electron chi connectivity index (χ0n) is 16.7. The van der Waals surface area contributed by atoms with Crippen LogP contribution in [-0.2, 0) is 9.59 Å². The number of thioether (sulfide) groups is 1. The number of carboxylic acid groups (broad SMARTS) is 1. The molecule has 6 nitrogen and oxygen atoms in total. The van der Waals surface area contributed by atoms with Crippen molar-refractivity contribution in [3.05, 3.63) is 82.3 Å². The van der Waals surface area contributed by atoms with Gasteiger partial charge in [0.15, 0.2) is 0 Å². The Labute approximate surface area is 189 Å². The molecule has 8 heteroatoms. The minimum Gasteiger partial charge on any atom is -0.545 e. The Kier molecular flexibility index (Phi) is 7.38. The van der Waals surface area contributed by atoms with E-state index in [0.29, 0.717) is 14.9 Å². The summed E-state index contributed by atoms with van der Waals surface area (Å²) in [5, 5.41) is 13.4. The number of carboxylic acids is 1. The average Bonchev–Trinajstić information content (AvgIpc) is 3.00. The molecule has 158 valence electrons. The van der Waals surface area contributed by atoms with Crippen LogP contribution >= 0.6 is 24.0 Å². The highest BCUT2D eigenvalue weighted by atomic mass is 32.2. The summed E-state index contributed by atoms with van der Waals surface area (Å²) in [6.07, 6.45) is 3.83. The zero-order chi connectivity index (χ0) is 22.4. The maximum Gasteiger partial charge on any atom is 0.266 e. The number of hydrogen-bond donors (Lipinski definition) is 1. The SMILES string of the molecule is CC(/C=C1\SC(=S)N(CCC(=O)Nc2ccc(C(=O)[O-])cc2)C1=O)=C\c1ccccc1. The molecular formula is C23H19N2O4S2-. The van der Waals surface area contributed by atoms with Crippen molar-refractivity contribution >= 4 is 57.8 Å². The van der Waals surface area contributed by atoms with Crippen LogP contribution in [0.3, 0.4) is 0 Å². The number of anilines is 1. The monoisotopic (exact) mass is 451 g/mol. The lowest BCUT2D eigenvalue weighted by Crippen LogP contribution is -2.31. The van der Waals surface area contributed by atoms with Gasteiger partial charge in [-0.1, -0.05) is 72.5 Å². The van der Waals surface area contributed by atoms with Crippen molar-refractivity contribution < 1.29 is 19.5 Å². The fraction of sp³-hybridized carbons (Fsp3) is 0.130. The lowest BCUT2D eigenvalue weighted by molar-refractivity contribution is -0.255. The van der Waals surface area contributed by atoms with Gasteiger partial charge in [-0.05, 0) is 41.8 Å². The standard InChI is InChI=1S/C23H20N2O4S2/c1-15(13-16-5-3-2-4-6-16)14-19-21(27)25(23(30)31-19)12-11-20(26)24-18-9-7-17(8-10-18)22(28)29/h2-10,13-14H,11-12H2,1H3,(H,24,26)(H,28,29)/p-1/b15-13+,19-14-. The second-order valence-electron chi connectivity index (χ2n) is 6.80. The number of amides is 2. The van der Waals surface area contributed by atoms with E-state index in [9.17, 15) is 19.5 Å². The Morgan fingerprint density at radius 1 is 1.13 bits per heavy atom. The van der Waals surface area contributed by atoms with Crippen molar-refractivity contribution in [2.24, 2.45) is 0 Å². The first-order valence-corrected chi connectivity index (χ1v) is 10.7. The van der Waals surface area contributed by atoms with E-state index < -0.39 is 5.97 Å². The van der Waals surface area contributed by atoms with Gasteiger partial charge in [-0.15, -0.1) is 0 Å². The summed E-state index contributed by atoms with van der Waals surface area (Å²) in [6, 6.07) is 15.5. The van der Waals surface area contributed by atoms with E-state index >= 15 is 0 Å². The van der Waals surface area contributed by atoms with Crippen molar-refractivity contribution in [1.82, 2.24) is 4.90 Å². The summed E-state index contributed by atoms with van der Waals surface area (Å²) in [4.78, 5) is 37.6. The minimum atomic E-state index is -1.28. The molecule has 1 N–H and O–H groups in total. The summed E-state index contributed by atoms with van der Waals surface area (Å²) in [6.45, 7) is 2.07. The predicted octanol–water partition coefficient (Wildman–Crippen LogP) is 3.23. The highest BCUT2D eigenvalue weighted by Gasteiger charge is 2.32. The van der Waals surface area contributed by atoms with E-state index in [1.165, 1.54) is 40.9 Å². The summed E-state index contributed by atoms with van der Waals surface area (Å²) >= 11 is 6.53. The van der Waals surface area contributed by atoms with E-state index in [1.54, 1.807) is 6.08 Å². The highest BCUT2D eigenvalue weighted by molar-refractivity contribution is 8.26. The first-order valence-electron chi connectivity index (χ1n) is 9.43. The molecule has 1 aliphatic heterocycles. The van der Waals surface area contributed by atoms with Gasteiger partial charge in [0, 0.05) is 18.7 Å². The average molecular weight is 452 g/mol. The number of carbonyl (C=O) groups is 3. The quantitative estimate of drug-likeness (QED) is 0.514. The lowest BCUT2D eigenvalue weighted by atomic mass is 10.1. The molecule has 0 aromatic heterocycles. The summed E-state index contributed by atoms with van der Waals surface area (Å²) < 4.78 is 0.412. The molecule has 2 amide bonds. The van der Waals surface area contributed by atoms with E-state index in [4.69, 9.17) is 12.2 Å². The molecule has 0 spiro atoms. The minimum absolute atomic E-state index is 0.0268. The van der Waals surface area contributed by atoms with Crippen molar-refractivity contribution in [3.8, 4) is 0 Å². The van der Waals surface area contributed by atoms with Gasteiger partial charge in [0.25, 0.3) is 5.91 Å². The molecule has 1 aliphatic rings. The third-order valence-electron chi connectivity index (χ3n) is 4.39. The topological polar surface area (TPSA) is 89.5 Å². The fourth-order valence-electron chi connectivity index (χ4n) is 2.88. The summed E-state index contributed by atoms with van der Waals surface area (Å²) in [5.41, 5.74) is 2.45. The Balaban J connectivity index is 1.57. The van der Waals surface area contributed by atoms with Gasteiger partial charge in [-0.2, -0.15) is 0 Å². The van der Waals surface area contributed by atoms with Gasteiger partial charge in [-0.25, -0.2) is 0 Å². The third-order valence-corrected chi connectivity index (χ3v) is 5.77. The van der Waals surface area contributed by atoms with Crippen LogP contribution in [0, 0.1) is 0 Å². The predicted molar refractivity (Wildman–Crippen MR) is 124 cm³/mol. The number of thiocarbonyl (C=S) groups is 1. The Morgan fingerprint density at radius 3 is 2.45 bits per heavy atom. The number of carbonyl (C=O) groups excluding carboxylic acids is 3. The van der Waals surface area contributed by atoms with E-state index in [2.05, 4.69) is 5.32 Å². The van der Waals surface area contributed by atoms with Crippen LogP contribution in [0.4, 0.5) is 5.69 Å². The van der Waals surface area contributed by atoms with E-state index in [1.807, 2.05) is 43.3 Å². The molecule has 0 radical (unpaired) electrons. The van der Waals surface area contributed by atoms with E-state index in [-0.39, 0.29) is 30.3 Å². The van der Waals surface area contributed by atoms with Crippen molar-refractivity contribution in [2.75, 3.05) is 11.9 Å². The second kappa shape index (κ2) is 10.2. The number of aromatic carboxylic acids is 1. The van der Waals surface area contributed by atoms with Gasteiger partial charge < -0.3 is 15.2 Å². The van der Waals surface area contributed by atoms with Crippen LogP contribution < -0.4 is 10.4 Å². The number of rotatable bonds is 7. The van der Waals surface area contributed by atoms with Gasteiger partial charge in [-0.3, -0.25) is 14.5 Å². The van der Waals surface area contributed by atoms with Crippen LogP contribution in [-0.4, -0.2) is 33.5 Å². The molecule has 1 heterocycles. The number of nitrogens with zero attached hydrogens (tertiary/aromatic N) is 1. The first-order chi connectivity index (χ1) is 14.8. The molecule has 31 heavy (non-hydrogen) atoms. The molecule has 2 aromatic rings. The smallest absolute Gasteiger partial charge is 0.266 e. The van der Waals surface area contributed by atoms with Gasteiger partial charge in [0.2, 0.25) is 5.91 Å². The molecule has 1 fully saturated rings. The molecular weight excluding hydrogens is 432 g/mol. The van der Waals surface area contributed by atoms with E-state index in [0.717, 1.165) is 11.1 Å². The molecule has 1 saturated heterocycles. The highest BCUT2D eigenvalue weighted by Crippen LogP contribution is 2.32. The second-order valence-corrected chi connectivity index (χ2v) is 8.47. The number of benzene rings is 2. The van der Waals surface area contributed by atoms with Gasteiger partial charge in [0.05, 0.1) is 10.9 Å². The molecule has 0 bridgehead atoms. The van der Waals surface area contributed by atoms with Crippen LogP contribution in [0.2, 0.25) is 0 Å². The number of hydrogen-bond acceptors (Lipinski definition) is 6. The van der Waals surface area contributed by atoms with Crippen LogP contribution in [0.1, 0.15) is 29.3 Å². The Morgan fingerprint density at radius 2 is 1.81 bits per heavy atom. The summed E-state index contributed by atoms with van der Waals surface area (Å²) in [7, 11) is 0. The van der Waals surface area contributed by atoms with Crippen molar-refractivity contribution in [2.45, 2.75) is 13.3 Å². The number of allylic oxidation sites excluding steroid dienone is 2. The maximum absolute atomic E-state index is 12.7. The normalized spacial score (nSPS) is 15.5. The molecule has 0 atom stereocenters. The molecule has 3 rings (SSSR count). The molecule has 0 aliphatic carbocycles. The van der Waals surface area contributed by atoms with Crippen LogP contribution in [0.15, 0.2) is 71.2 Å². The van der Waals surface area contributed by atoms with Crippen LogP contribution in [0.25, 0.3) is 6.08 Å². The first kappa shape index (κ1) is 22.5. The molecule has 0 saturated carbocycles. The third kappa shape index (κ3) is 6.13. The zero-order valence-corrected chi connectivity index (χ0v) is 18.3. The summed E-state index contributed by atoms with van der Waals surface area (Å²) in [5.74, 6) is -1.81. The van der Waals surface area contributed by atoms with Crippen molar-refractivity contribution in [1.29, 1.82) is 0 Å². The largest absolute Gasteiger partial charge is 0.545 e. The van der Waals surface area contributed by atoms with Gasteiger partial charge in [0.1, 0.15) is 4.32 Å².